The predicted molar refractivity (Wildman–Crippen MR) is 80.8 cm³/mol. The summed E-state index contributed by atoms with van der Waals surface area (Å²) in [5.41, 5.74) is 1.37. The largest absolute Gasteiger partial charge is 0.340 e. The van der Waals surface area contributed by atoms with Crippen molar-refractivity contribution >= 4 is 0 Å². The molecule has 2 unspecified atom stereocenters. The topological polar surface area (TPSA) is 54.2 Å². The van der Waals surface area contributed by atoms with Gasteiger partial charge in [-0.15, -0.1) is 0 Å². The Bertz CT molecular complexity index is 528. The number of aromatic nitrogens is 2. The lowest BCUT2D eigenvalue weighted by Gasteiger charge is -2.40. The minimum absolute atomic E-state index is 0.414. The highest BCUT2D eigenvalue weighted by atomic mass is 16.5. The molecule has 1 aromatic heterocycles. The van der Waals surface area contributed by atoms with E-state index in [0.717, 1.165) is 32.5 Å². The number of nitrogens with zero attached hydrogens (tertiary/aromatic N) is 3. The van der Waals surface area contributed by atoms with Crippen LogP contribution < -0.4 is 5.32 Å². The molecule has 2 atom stereocenters. The van der Waals surface area contributed by atoms with Crippen LogP contribution in [0.3, 0.4) is 0 Å². The molecule has 1 fully saturated rings. The highest BCUT2D eigenvalue weighted by molar-refractivity contribution is 5.20. The maximum atomic E-state index is 5.12. The quantitative estimate of drug-likeness (QED) is 0.911. The smallest absolute Gasteiger partial charge is 0.227 e. The number of piperazine rings is 1. The van der Waals surface area contributed by atoms with Crippen molar-refractivity contribution < 1.29 is 4.52 Å². The summed E-state index contributed by atoms with van der Waals surface area (Å²) in [7, 11) is 0. The lowest BCUT2D eigenvalue weighted by Crippen LogP contribution is -2.52. The molecule has 1 aliphatic rings. The molecule has 1 aromatic carbocycles. The molecule has 0 radical (unpaired) electrons. The minimum Gasteiger partial charge on any atom is -0.340 e. The normalized spacial score (nSPS) is 23.3. The lowest BCUT2D eigenvalue weighted by molar-refractivity contribution is 0.126. The van der Waals surface area contributed by atoms with Gasteiger partial charge >= 0.3 is 0 Å². The standard InChI is InChI=1S/C16H22N4O/c1-2-14-11-20(9-8-16-18-12-19-21-16)15(10-17-14)13-6-4-3-5-7-13/h3-7,12,14-15,17H,2,8-11H2,1H3. The van der Waals surface area contributed by atoms with E-state index in [1.165, 1.54) is 11.9 Å². The summed E-state index contributed by atoms with van der Waals surface area (Å²) in [4.78, 5) is 6.65. The number of hydrogen-bond acceptors (Lipinski definition) is 5. The molecule has 0 aliphatic carbocycles. The van der Waals surface area contributed by atoms with E-state index in [-0.39, 0.29) is 0 Å². The van der Waals surface area contributed by atoms with Gasteiger partial charge in [0.25, 0.3) is 0 Å². The third-order valence-electron chi connectivity index (χ3n) is 4.19. The van der Waals surface area contributed by atoms with Gasteiger partial charge in [-0.2, -0.15) is 4.98 Å². The summed E-state index contributed by atoms with van der Waals surface area (Å²) < 4.78 is 5.12. The summed E-state index contributed by atoms with van der Waals surface area (Å²) in [6.07, 6.45) is 3.43. The van der Waals surface area contributed by atoms with E-state index in [9.17, 15) is 0 Å². The maximum absolute atomic E-state index is 5.12. The molecule has 0 bridgehead atoms. The number of benzene rings is 1. The molecule has 1 aliphatic heterocycles. The Hall–Kier alpha value is -1.72. The number of hydrogen-bond donors (Lipinski definition) is 1. The van der Waals surface area contributed by atoms with Gasteiger partial charge in [-0.05, 0) is 12.0 Å². The van der Waals surface area contributed by atoms with E-state index in [1.807, 2.05) is 0 Å². The monoisotopic (exact) mass is 286 g/mol. The van der Waals surface area contributed by atoms with Crippen molar-refractivity contribution in [3.05, 3.63) is 48.1 Å². The van der Waals surface area contributed by atoms with Gasteiger partial charge in [0.1, 0.15) is 0 Å². The molecule has 5 heteroatoms. The summed E-state index contributed by atoms with van der Waals surface area (Å²) in [6, 6.07) is 11.7. The zero-order valence-electron chi connectivity index (χ0n) is 12.4. The molecule has 0 spiro atoms. The van der Waals surface area contributed by atoms with Crippen molar-refractivity contribution in [1.29, 1.82) is 0 Å². The van der Waals surface area contributed by atoms with Crippen molar-refractivity contribution in [2.45, 2.75) is 31.8 Å². The molecule has 2 aromatic rings. The molecule has 5 nitrogen and oxygen atoms in total. The Morgan fingerprint density at radius 1 is 1.33 bits per heavy atom. The number of rotatable bonds is 5. The van der Waals surface area contributed by atoms with Crippen molar-refractivity contribution in [2.24, 2.45) is 0 Å². The van der Waals surface area contributed by atoms with Gasteiger partial charge in [-0.1, -0.05) is 42.4 Å². The zero-order chi connectivity index (χ0) is 14.5. The van der Waals surface area contributed by atoms with Crippen LogP contribution >= 0.6 is 0 Å². The third-order valence-corrected chi connectivity index (χ3v) is 4.19. The van der Waals surface area contributed by atoms with Crippen LogP contribution in [0.4, 0.5) is 0 Å². The van der Waals surface area contributed by atoms with Crippen LogP contribution in [0.15, 0.2) is 41.2 Å². The van der Waals surface area contributed by atoms with Crippen LogP contribution in [-0.4, -0.2) is 40.7 Å². The third kappa shape index (κ3) is 3.49. The van der Waals surface area contributed by atoms with Gasteiger partial charge in [0.15, 0.2) is 6.33 Å². The minimum atomic E-state index is 0.414. The van der Waals surface area contributed by atoms with E-state index in [2.05, 4.69) is 57.6 Å². The first kappa shape index (κ1) is 14.2. The van der Waals surface area contributed by atoms with Crippen LogP contribution in [0.25, 0.3) is 0 Å². The van der Waals surface area contributed by atoms with Crippen LogP contribution in [0, 0.1) is 0 Å². The average molecular weight is 286 g/mol. The molecule has 0 amide bonds. The molecule has 3 rings (SSSR count). The highest BCUT2D eigenvalue weighted by Gasteiger charge is 2.28. The predicted octanol–water partition coefficient (Wildman–Crippen LogP) is 2.04. The van der Waals surface area contributed by atoms with Gasteiger partial charge in [-0.3, -0.25) is 4.90 Å². The first-order chi connectivity index (χ1) is 10.4. The maximum Gasteiger partial charge on any atom is 0.227 e. The van der Waals surface area contributed by atoms with Gasteiger partial charge in [0.2, 0.25) is 5.89 Å². The van der Waals surface area contributed by atoms with Crippen molar-refractivity contribution in [1.82, 2.24) is 20.4 Å². The Labute approximate surface area is 125 Å². The van der Waals surface area contributed by atoms with Gasteiger partial charge in [-0.25, -0.2) is 0 Å². The molecule has 1 saturated heterocycles. The lowest BCUT2D eigenvalue weighted by atomic mass is 10.00. The zero-order valence-corrected chi connectivity index (χ0v) is 12.4. The van der Waals surface area contributed by atoms with Gasteiger partial charge in [0.05, 0.1) is 0 Å². The van der Waals surface area contributed by atoms with E-state index < -0.39 is 0 Å². The fourth-order valence-electron chi connectivity index (χ4n) is 2.95. The van der Waals surface area contributed by atoms with Gasteiger partial charge in [0, 0.05) is 38.1 Å². The second kappa shape index (κ2) is 6.83. The Balaban J connectivity index is 1.70. The molecular formula is C16H22N4O. The molecule has 112 valence electrons. The van der Waals surface area contributed by atoms with E-state index in [4.69, 9.17) is 4.52 Å². The van der Waals surface area contributed by atoms with Crippen LogP contribution in [-0.2, 0) is 6.42 Å². The van der Waals surface area contributed by atoms with Crippen LogP contribution in [0.2, 0.25) is 0 Å². The molecule has 21 heavy (non-hydrogen) atoms. The Morgan fingerprint density at radius 3 is 2.90 bits per heavy atom. The SMILES string of the molecule is CCC1CN(CCc2ncno2)C(c2ccccc2)CN1. The summed E-state index contributed by atoms with van der Waals surface area (Å²) >= 11 is 0. The number of nitrogens with one attached hydrogen (secondary N) is 1. The van der Waals surface area contributed by atoms with E-state index in [0.29, 0.717) is 18.0 Å². The first-order valence-electron chi connectivity index (χ1n) is 7.64. The summed E-state index contributed by atoms with van der Waals surface area (Å²) in [5.74, 6) is 0.716. The molecular weight excluding hydrogens is 264 g/mol. The molecule has 1 N–H and O–H groups in total. The van der Waals surface area contributed by atoms with Crippen LogP contribution in [0.5, 0.6) is 0 Å². The van der Waals surface area contributed by atoms with Gasteiger partial charge < -0.3 is 9.84 Å². The van der Waals surface area contributed by atoms with Crippen molar-refractivity contribution in [3.8, 4) is 0 Å². The summed E-state index contributed by atoms with van der Waals surface area (Å²) in [5, 5.41) is 7.32. The van der Waals surface area contributed by atoms with Crippen molar-refractivity contribution in [3.63, 3.8) is 0 Å². The molecule has 2 heterocycles. The van der Waals surface area contributed by atoms with E-state index >= 15 is 0 Å². The Morgan fingerprint density at radius 2 is 2.19 bits per heavy atom. The molecule has 0 saturated carbocycles. The second-order valence-corrected chi connectivity index (χ2v) is 5.52. The van der Waals surface area contributed by atoms with Crippen LogP contribution in [0.1, 0.15) is 30.8 Å². The second-order valence-electron chi connectivity index (χ2n) is 5.52. The fraction of sp³-hybridized carbons (Fsp3) is 0.500. The summed E-state index contributed by atoms with van der Waals surface area (Å²) in [6.45, 7) is 5.23. The first-order valence-corrected chi connectivity index (χ1v) is 7.64. The fourth-order valence-corrected chi connectivity index (χ4v) is 2.95. The van der Waals surface area contributed by atoms with E-state index in [1.54, 1.807) is 0 Å². The average Bonchev–Trinajstić information content (AvgIpc) is 3.07. The Kier molecular flexibility index (Phi) is 4.62. The highest BCUT2D eigenvalue weighted by Crippen LogP contribution is 2.24. The van der Waals surface area contributed by atoms with Crippen molar-refractivity contribution in [2.75, 3.05) is 19.6 Å².